The summed E-state index contributed by atoms with van der Waals surface area (Å²) in [5, 5.41) is 9.28. The van der Waals surface area contributed by atoms with Crippen LogP contribution in [0.15, 0.2) is 43.5 Å². The van der Waals surface area contributed by atoms with E-state index in [1.807, 2.05) is 39.0 Å². The van der Waals surface area contributed by atoms with Crippen molar-refractivity contribution in [1.82, 2.24) is 4.90 Å². The molecule has 0 aliphatic carbocycles. The standard InChI is InChI=1S/C32H44N2O6/c1-6-9-20-39-30(38)26-25-28(36)34(18-11-10-12-19-35)27(32(25)16-15-31(26,8-3)40-32)29(37)33(17-7-2)24-21-22(4)13-14-23(24)5/h6-7,13-14,21,25-27,35H,1-2,8-12,15-20H2,3-5H3/t25-,26-,27?,31+,32?/m0/s1. The maximum Gasteiger partial charge on any atom is 0.312 e. The van der Waals surface area contributed by atoms with Gasteiger partial charge in [0.15, 0.2) is 0 Å². The van der Waals surface area contributed by atoms with E-state index in [9.17, 15) is 19.5 Å². The molecule has 8 nitrogen and oxygen atoms in total. The van der Waals surface area contributed by atoms with Crippen LogP contribution in [-0.4, -0.2) is 71.3 Å². The zero-order valence-corrected chi connectivity index (χ0v) is 24.2. The number of anilines is 1. The Morgan fingerprint density at radius 2 is 1.98 bits per heavy atom. The fourth-order valence-corrected chi connectivity index (χ4v) is 7.09. The number of aryl methyl sites for hydroxylation is 2. The summed E-state index contributed by atoms with van der Waals surface area (Å²) in [6.45, 7) is 14.4. The van der Waals surface area contributed by atoms with Crippen molar-refractivity contribution >= 4 is 23.5 Å². The number of nitrogens with zero attached hydrogens (tertiary/aromatic N) is 2. The van der Waals surface area contributed by atoms with Crippen LogP contribution in [0.3, 0.4) is 0 Å². The van der Waals surface area contributed by atoms with Crippen molar-refractivity contribution in [3.8, 4) is 0 Å². The number of rotatable bonds is 14. The minimum Gasteiger partial charge on any atom is -0.465 e. The molecule has 3 aliphatic heterocycles. The van der Waals surface area contributed by atoms with Gasteiger partial charge in [-0.2, -0.15) is 0 Å². The van der Waals surface area contributed by atoms with Crippen LogP contribution in [0.2, 0.25) is 0 Å². The predicted octanol–water partition coefficient (Wildman–Crippen LogP) is 4.26. The number of fused-ring (bicyclic) bond motifs is 1. The van der Waals surface area contributed by atoms with Gasteiger partial charge in [0.2, 0.25) is 5.91 Å². The van der Waals surface area contributed by atoms with Crippen LogP contribution in [0, 0.1) is 25.7 Å². The average molecular weight is 553 g/mol. The molecule has 3 aliphatic rings. The third kappa shape index (κ3) is 5.00. The molecule has 0 radical (unpaired) electrons. The highest BCUT2D eigenvalue weighted by molar-refractivity contribution is 6.05. The van der Waals surface area contributed by atoms with E-state index in [0.717, 1.165) is 23.2 Å². The number of esters is 1. The number of hydrogen-bond donors (Lipinski definition) is 1. The molecule has 5 atom stereocenters. The summed E-state index contributed by atoms with van der Waals surface area (Å²) in [6.07, 6.45) is 7.53. The molecule has 3 saturated heterocycles. The molecule has 1 aromatic carbocycles. The molecule has 218 valence electrons. The number of ether oxygens (including phenoxy) is 2. The van der Waals surface area contributed by atoms with E-state index in [4.69, 9.17) is 9.47 Å². The minimum absolute atomic E-state index is 0.0728. The number of carbonyl (C=O) groups is 3. The summed E-state index contributed by atoms with van der Waals surface area (Å²) in [4.78, 5) is 45.9. The normalized spacial score (nSPS) is 28.4. The van der Waals surface area contributed by atoms with Gasteiger partial charge in [0, 0.05) is 25.4 Å². The van der Waals surface area contributed by atoms with E-state index in [2.05, 4.69) is 13.2 Å². The van der Waals surface area contributed by atoms with Crippen molar-refractivity contribution < 1.29 is 29.0 Å². The van der Waals surface area contributed by atoms with Crippen molar-refractivity contribution in [3.05, 3.63) is 54.6 Å². The maximum absolute atomic E-state index is 14.7. The first-order valence-electron chi connectivity index (χ1n) is 14.6. The van der Waals surface area contributed by atoms with E-state index < -0.39 is 35.0 Å². The Morgan fingerprint density at radius 3 is 2.65 bits per heavy atom. The van der Waals surface area contributed by atoms with Gasteiger partial charge >= 0.3 is 5.97 Å². The van der Waals surface area contributed by atoms with Crippen LogP contribution in [0.4, 0.5) is 5.69 Å². The van der Waals surface area contributed by atoms with Crippen molar-refractivity contribution in [2.75, 3.05) is 31.2 Å². The van der Waals surface area contributed by atoms with Crippen LogP contribution in [0.1, 0.15) is 63.0 Å². The van der Waals surface area contributed by atoms with Crippen LogP contribution in [0.25, 0.3) is 0 Å². The second-order valence-corrected chi connectivity index (χ2v) is 11.4. The highest BCUT2D eigenvalue weighted by Gasteiger charge is 2.79. The number of unbranched alkanes of at least 4 members (excludes halogenated alkanes) is 2. The summed E-state index contributed by atoms with van der Waals surface area (Å²) < 4.78 is 12.5. The third-order valence-corrected chi connectivity index (χ3v) is 9.03. The number of aliphatic hydroxyl groups is 1. The molecule has 2 unspecified atom stereocenters. The van der Waals surface area contributed by atoms with Gasteiger partial charge in [0.1, 0.15) is 17.6 Å². The van der Waals surface area contributed by atoms with Crippen molar-refractivity contribution in [2.24, 2.45) is 11.8 Å². The zero-order chi connectivity index (χ0) is 29.1. The van der Waals surface area contributed by atoms with Gasteiger partial charge in [-0.15, -0.1) is 13.2 Å². The number of amides is 2. The Kier molecular flexibility index (Phi) is 9.20. The Morgan fingerprint density at radius 1 is 1.20 bits per heavy atom. The summed E-state index contributed by atoms with van der Waals surface area (Å²) in [5.41, 5.74) is 0.789. The second-order valence-electron chi connectivity index (χ2n) is 11.4. The molecule has 0 aromatic heterocycles. The van der Waals surface area contributed by atoms with Crippen LogP contribution in [0.5, 0.6) is 0 Å². The van der Waals surface area contributed by atoms with Gasteiger partial charge in [0.25, 0.3) is 5.91 Å². The maximum atomic E-state index is 14.7. The Labute approximate surface area is 238 Å². The van der Waals surface area contributed by atoms with E-state index in [-0.39, 0.29) is 31.6 Å². The fourth-order valence-electron chi connectivity index (χ4n) is 7.09. The highest BCUT2D eigenvalue weighted by Crippen LogP contribution is 2.64. The second kappa shape index (κ2) is 12.3. The lowest BCUT2D eigenvalue weighted by Gasteiger charge is -2.37. The molecule has 40 heavy (non-hydrogen) atoms. The van der Waals surface area contributed by atoms with Crippen LogP contribution in [-0.2, 0) is 23.9 Å². The first-order chi connectivity index (χ1) is 19.2. The number of benzene rings is 1. The molecule has 2 amide bonds. The van der Waals surface area contributed by atoms with Gasteiger partial charge in [0.05, 0.1) is 18.1 Å². The monoisotopic (exact) mass is 552 g/mol. The zero-order valence-electron chi connectivity index (χ0n) is 24.2. The van der Waals surface area contributed by atoms with Gasteiger partial charge in [-0.05, 0) is 76.0 Å². The Hall–Kier alpha value is -2.97. The smallest absolute Gasteiger partial charge is 0.312 e. The fraction of sp³-hybridized carbons (Fsp3) is 0.594. The van der Waals surface area contributed by atoms with E-state index in [0.29, 0.717) is 45.1 Å². The first-order valence-corrected chi connectivity index (χ1v) is 14.6. The van der Waals surface area contributed by atoms with Crippen molar-refractivity contribution in [2.45, 2.75) is 83.0 Å². The van der Waals surface area contributed by atoms with Gasteiger partial charge in [-0.1, -0.05) is 31.2 Å². The minimum atomic E-state index is -1.11. The molecule has 1 spiro atoms. The quantitative estimate of drug-likeness (QED) is 0.211. The van der Waals surface area contributed by atoms with E-state index in [1.54, 1.807) is 22.0 Å². The molecule has 1 aromatic rings. The Balaban J connectivity index is 1.78. The van der Waals surface area contributed by atoms with Crippen molar-refractivity contribution in [3.63, 3.8) is 0 Å². The van der Waals surface area contributed by atoms with E-state index >= 15 is 0 Å². The summed E-state index contributed by atoms with van der Waals surface area (Å²) in [5.74, 6) is -2.43. The van der Waals surface area contributed by atoms with E-state index in [1.165, 1.54) is 0 Å². The summed E-state index contributed by atoms with van der Waals surface area (Å²) in [6, 6.07) is 5.10. The van der Waals surface area contributed by atoms with Gasteiger partial charge in [-0.25, -0.2) is 0 Å². The first kappa shape index (κ1) is 30.0. The Bertz CT molecular complexity index is 1150. The van der Waals surface area contributed by atoms with Gasteiger partial charge < -0.3 is 24.4 Å². The highest BCUT2D eigenvalue weighted by atomic mass is 16.6. The predicted molar refractivity (Wildman–Crippen MR) is 154 cm³/mol. The molecule has 1 N–H and O–H groups in total. The number of hydrogen-bond acceptors (Lipinski definition) is 6. The summed E-state index contributed by atoms with van der Waals surface area (Å²) >= 11 is 0. The lowest BCUT2D eigenvalue weighted by molar-refractivity contribution is -0.160. The molecule has 2 bridgehead atoms. The number of carbonyl (C=O) groups excluding carboxylic acids is 3. The lowest BCUT2D eigenvalue weighted by atomic mass is 9.65. The molecule has 0 saturated carbocycles. The van der Waals surface area contributed by atoms with Crippen molar-refractivity contribution in [1.29, 1.82) is 0 Å². The van der Waals surface area contributed by atoms with Crippen LogP contribution < -0.4 is 4.90 Å². The van der Waals surface area contributed by atoms with Crippen LogP contribution >= 0.6 is 0 Å². The molecular weight excluding hydrogens is 508 g/mol. The molecule has 3 fully saturated rings. The number of likely N-dealkylation sites (tertiary alicyclic amines) is 1. The molecule has 3 heterocycles. The lowest BCUT2D eigenvalue weighted by Crippen LogP contribution is -2.56. The van der Waals surface area contributed by atoms with Gasteiger partial charge in [-0.3, -0.25) is 14.4 Å². The molecule has 8 heteroatoms. The molecular formula is C32H44N2O6. The number of aliphatic hydroxyl groups excluding tert-OH is 1. The molecule has 4 rings (SSSR count). The third-order valence-electron chi connectivity index (χ3n) is 9.03. The largest absolute Gasteiger partial charge is 0.465 e. The summed E-state index contributed by atoms with van der Waals surface area (Å²) in [7, 11) is 0. The average Bonchev–Trinajstić information content (AvgIpc) is 3.54. The topological polar surface area (TPSA) is 96.4 Å². The SMILES string of the molecule is C=CCCOC(=O)[C@@H]1[C@H]2C(=O)N(CCCCCO)C(C(=O)N(CC=C)c3cc(C)ccc3C)C23CC[C@@]1(CC)O3.